The number of carbonyl (C=O) groups excluding carboxylic acids is 1. The lowest BCUT2D eigenvalue weighted by atomic mass is 10.3. The van der Waals surface area contributed by atoms with E-state index in [4.69, 9.17) is 25.9 Å². The predicted octanol–water partition coefficient (Wildman–Crippen LogP) is 1.84. The monoisotopic (exact) mass is 330 g/mol. The number of ether oxygens (including phenoxy) is 1. The zero-order valence-corrected chi connectivity index (χ0v) is 12.4. The molecule has 0 atom stereocenters. The number of methoxy groups -OCH3 is 1. The average Bonchev–Trinajstić information content (AvgIpc) is 2.84. The Bertz CT molecular complexity index is 785. The number of halogens is 1. The molecule has 112 valence electrons. The summed E-state index contributed by atoms with van der Waals surface area (Å²) in [6, 6.07) is 6.64. The summed E-state index contributed by atoms with van der Waals surface area (Å²) in [5.41, 5.74) is 0.140. The summed E-state index contributed by atoms with van der Waals surface area (Å²) < 4.78 is 32.7. The van der Waals surface area contributed by atoms with Crippen molar-refractivity contribution in [3.8, 4) is 5.75 Å². The van der Waals surface area contributed by atoms with Crippen LogP contribution in [0.15, 0.2) is 39.6 Å². The van der Waals surface area contributed by atoms with Gasteiger partial charge in [0.1, 0.15) is 5.75 Å². The molecule has 0 unspecified atom stereocenters. The van der Waals surface area contributed by atoms with Crippen molar-refractivity contribution >= 4 is 33.2 Å². The average molecular weight is 331 g/mol. The van der Waals surface area contributed by atoms with Crippen LogP contribution in [0, 0.1) is 0 Å². The Balaban J connectivity index is 2.36. The summed E-state index contributed by atoms with van der Waals surface area (Å²) in [7, 11) is -2.52. The fraction of sp³-hybridized carbons (Fsp3) is 0.0833. The second-order valence-electron chi connectivity index (χ2n) is 3.96. The molecule has 0 radical (unpaired) electrons. The van der Waals surface area contributed by atoms with Crippen molar-refractivity contribution in [2.24, 2.45) is 5.14 Å². The number of hydrogen-bond acceptors (Lipinski definition) is 5. The Morgan fingerprint density at radius 1 is 1.33 bits per heavy atom. The number of primary sulfonamides is 1. The molecule has 0 bridgehead atoms. The number of nitrogens with two attached hydrogens (primary N) is 1. The Kier molecular flexibility index (Phi) is 4.21. The van der Waals surface area contributed by atoms with Crippen molar-refractivity contribution < 1.29 is 22.4 Å². The third-order valence-corrected chi connectivity index (χ3v) is 3.66. The Hall–Kier alpha value is -2.03. The molecule has 0 saturated carbocycles. The lowest BCUT2D eigenvalue weighted by Crippen LogP contribution is -2.15. The van der Waals surface area contributed by atoms with Crippen molar-refractivity contribution in [2.75, 3.05) is 12.4 Å². The highest BCUT2D eigenvalue weighted by Crippen LogP contribution is 2.27. The lowest BCUT2D eigenvalue weighted by Gasteiger charge is -2.10. The van der Waals surface area contributed by atoms with E-state index in [1.807, 2.05) is 0 Å². The Labute approximate surface area is 125 Å². The van der Waals surface area contributed by atoms with E-state index in [9.17, 15) is 13.2 Å². The standard InChI is InChI=1S/C12H11ClN2O5S/c1-19-9-3-2-7(21(14,17)18)6-8(9)15-12(16)10-4-5-11(13)20-10/h2-6H,1H3,(H,15,16)(H2,14,17,18). The summed E-state index contributed by atoms with van der Waals surface area (Å²) in [5, 5.41) is 7.57. The molecule has 1 amide bonds. The highest BCUT2D eigenvalue weighted by Gasteiger charge is 2.16. The number of rotatable bonds is 4. The zero-order chi connectivity index (χ0) is 15.6. The molecule has 3 N–H and O–H groups in total. The molecule has 9 heteroatoms. The van der Waals surface area contributed by atoms with Crippen LogP contribution in [0.3, 0.4) is 0 Å². The van der Waals surface area contributed by atoms with Crippen molar-refractivity contribution in [1.29, 1.82) is 0 Å². The number of carbonyl (C=O) groups is 1. The topological polar surface area (TPSA) is 112 Å². The molecule has 0 fully saturated rings. The summed E-state index contributed by atoms with van der Waals surface area (Å²) in [6.07, 6.45) is 0. The fourth-order valence-corrected chi connectivity index (χ4v) is 2.27. The minimum atomic E-state index is -3.90. The number of benzene rings is 1. The van der Waals surface area contributed by atoms with Crippen LogP contribution in [0.4, 0.5) is 5.69 Å². The number of anilines is 1. The summed E-state index contributed by atoms with van der Waals surface area (Å²) in [6.45, 7) is 0. The highest BCUT2D eigenvalue weighted by molar-refractivity contribution is 7.89. The maximum atomic E-state index is 12.0. The smallest absolute Gasteiger partial charge is 0.291 e. The second kappa shape index (κ2) is 5.76. The third kappa shape index (κ3) is 3.54. The van der Waals surface area contributed by atoms with Gasteiger partial charge in [-0.3, -0.25) is 4.79 Å². The molecule has 0 aliphatic rings. The van der Waals surface area contributed by atoms with E-state index in [-0.39, 0.29) is 27.3 Å². The quantitative estimate of drug-likeness (QED) is 0.888. The first-order valence-electron chi connectivity index (χ1n) is 5.59. The van der Waals surface area contributed by atoms with E-state index in [2.05, 4.69) is 5.32 Å². The van der Waals surface area contributed by atoms with Crippen molar-refractivity contribution in [2.45, 2.75) is 4.90 Å². The molecule has 0 saturated heterocycles. The number of furan rings is 1. The van der Waals surface area contributed by atoms with Crippen molar-refractivity contribution in [1.82, 2.24) is 0 Å². The van der Waals surface area contributed by atoms with E-state index in [1.165, 1.54) is 37.4 Å². The van der Waals surface area contributed by atoms with Gasteiger partial charge in [-0.2, -0.15) is 0 Å². The van der Waals surface area contributed by atoms with Crippen LogP contribution in [0.2, 0.25) is 5.22 Å². The van der Waals surface area contributed by atoms with Crippen LogP contribution in [0.1, 0.15) is 10.6 Å². The number of nitrogens with one attached hydrogen (secondary N) is 1. The SMILES string of the molecule is COc1ccc(S(N)(=O)=O)cc1NC(=O)c1ccc(Cl)o1. The van der Waals surface area contributed by atoms with Crippen molar-refractivity contribution in [3.63, 3.8) is 0 Å². The summed E-state index contributed by atoms with van der Waals surface area (Å²) >= 11 is 5.58. The van der Waals surface area contributed by atoms with Gasteiger partial charge in [-0.25, -0.2) is 13.6 Å². The Morgan fingerprint density at radius 3 is 2.57 bits per heavy atom. The molecular formula is C12H11ClN2O5S. The first-order chi connectivity index (χ1) is 9.81. The van der Waals surface area contributed by atoms with Gasteiger partial charge in [0, 0.05) is 0 Å². The van der Waals surface area contributed by atoms with Gasteiger partial charge in [-0.15, -0.1) is 0 Å². The van der Waals surface area contributed by atoms with E-state index < -0.39 is 15.9 Å². The molecule has 0 aliphatic carbocycles. The predicted molar refractivity (Wildman–Crippen MR) is 76.0 cm³/mol. The molecule has 2 rings (SSSR count). The van der Waals surface area contributed by atoms with Gasteiger partial charge in [0.2, 0.25) is 10.0 Å². The van der Waals surface area contributed by atoms with Gasteiger partial charge >= 0.3 is 0 Å². The van der Waals surface area contributed by atoms with E-state index >= 15 is 0 Å². The molecule has 2 aromatic rings. The maximum absolute atomic E-state index is 12.0. The molecule has 1 aromatic carbocycles. The van der Waals surface area contributed by atoms with Crippen LogP contribution in [0.25, 0.3) is 0 Å². The molecule has 1 aromatic heterocycles. The molecule has 0 aliphatic heterocycles. The van der Waals surface area contributed by atoms with Crippen LogP contribution in [-0.2, 0) is 10.0 Å². The van der Waals surface area contributed by atoms with Crippen LogP contribution < -0.4 is 15.2 Å². The molecule has 7 nitrogen and oxygen atoms in total. The molecular weight excluding hydrogens is 320 g/mol. The Morgan fingerprint density at radius 2 is 2.05 bits per heavy atom. The largest absolute Gasteiger partial charge is 0.495 e. The first kappa shape index (κ1) is 15.4. The fourth-order valence-electron chi connectivity index (χ4n) is 1.58. The van der Waals surface area contributed by atoms with Gasteiger partial charge in [0.15, 0.2) is 11.0 Å². The molecule has 21 heavy (non-hydrogen) atoms. The number of amides is 1. The summed E-state index contributed by atoms with van der Waals surface area (Å²) in [4.78, 5) is 11.8. The van der Waals surface area contributed by atoms with Gasteiger partial charge in [0.25, 0.3) is 5.91 Å². The number of sulfonamides is 1. The van der Waals surface area contributed by atoms with Crippen LogP contribution in [-0.4, -0.2) is 21.4 Å². The minimum absolute atomic E-state index is 0.0249. The van der Waals surface area contributed by atoms with E-state index in [0.29, 0.717) is 0 Å². The van der Waals surface area contributed by atoms with Crippen LogP contribution >= 0.6 is 11.6 Å². The maximum Gasteiger partial charge on any atom is 0.291 e. The van der Waals surface area contributed by atoms with Crippen LogP contribution in [0.5, 0.6) is 5.75 Å². The van der Waals surface area contributed by atoms with Gasteiger partial charge in [-0.1, -0.05) is 0 Å². The molecule has 0 spiro atoms. The van der Waals surface area contributed by atoms with Crippen molar-refractivity contribution in [3.05, 3.63) is 41.3 Å². The first-order valence-corrected chi connectivity index (χ1v) is 7.51. The number of hydrogen-bond donors (Lipinski definition) is 2. The summed E-state index contributed by atoms with van der Waals surface area (Å²) in [5.74, 6) is -0.358. The second-order valence-corrected chi connectivity index (χ2v) is 5.90. The lowest BCUT2D eigenvalue weighted by molar-refractivity contribution is 0.0996. The highest BCUT2D eigenvalue weighted by atomic mass is 35.5. The van der Waals surface area contributed by atoms with Gasteiger partial charge < -0.3 is 14.5 Å². The zero-order valence-electron chi connectivity index (χ0n) is 10.8. The third-order valence-electron chi connectivity index (χ3n) is 2.54. The minimum Gasteiger partial charge on any atom is -0.495 e. The van der Waals surface area contributed by atoms with Gasteiger partial charge in [-0.05, 0) is 41.9 Å². The van der Waals surface area contributed by atoms with Gasteiger partial charge in [0.05, 0.1) is 17.7 Å². The normalized spacial score (nSPS) is 11.2. The molecule has 1 heterocycles. The van der Waals surface area contributed by atoms with E-state index in [0.717, 1.165) is 0 Å². The van der Waals surface area contributed by atoms with E-state index in [1.54, 1.807) is 0 Å².